The van der Waals surface area contributed by atoms with Crippen LogP contribution in [0.1, 0.15) is 53.3 Å². The zero-order valence-electron chi connectivity index (χ0n) is 17.4. The summed E-state index contributed by atoms with van der Waals surface area (Å²) in [6.07, 6.45) is 4.05. The monoisotopic (exact) mass is 430 g/mol. The second-order valence-electron chi connectivity index (χ2n) is 7.23. The number of amides is 2. The minimum absolute atomic E-state index is 0.00654. The average Bonchev–Trinajstić information content (AvgIpc) is 2.78. The summed E-state index contributed by atoms with van der Waals surface area (Å²) < 4.78 is 11.0. The Bertz CT molecular complexity index is 910. The van der Waals surface area contributed by atoms with Crippen molar-refractivity contribution in [3.8, 4) is 11.5 Å². The topological polar surface area (TPSA) is 67.9 Å². The minimum atomic E-state index is -0.347. The average molecular weight is 431 g/mol. The van der Waals surface area contributed by atoms with Crippen LogP contribution in [0, 0.1) is 0 Å². The van der Waals surface area contributed by atoms with E-state index in [9.17, 15) is 9.59 Å². The number of nitrogens with one attached hydrogen (secondary N) is 1. The Morgan fingerprint density at radius 2 is 1.87 bits per heavy atom. The Morgan fingerprint density at radius 1 is 1.10 bits per heavy atom. The third kappa shape index (κ3) is 5.25. The van der Waals surface area contributed by atoms with Gasteiger partial charge in [0.25, 0.3) is 11.8 Å². The molecule has 0 spiro atoms. The van der Waals surface area contributed by atoms with E-state index < -0.39 is 0 Å². The summed E-state index contributed by atoms with van der Waals surface area (Å²) in [5.41, 5.74) is 1.45. The van der Waals surface area contributed by atoms with E-state index in [1.54, 1.807) is 36.4 Å². The van der Waals surface area contributed by atoms with Crippen molar-refractivity contribution >= 4 is 29.1 Å². The molecule has 1 N–H and O–H groups in total. The van der Waals surface area contributed by atoms with Gasteiger partial charge in [0.15, 0.2) is 11.5 Å². The molecule has 0 atom stereocenters. The van der Waals surface area contributed by atoms with Crippen molar-refractivity contribution in [1.82, 2.24) is 4.90 Å². The first-order valence-electron chi connectivity index (χ1n) is 10.2. The second kappa shape index (κ2) is 10.3. The Labute approximate surface area is 182 Å². The predicted molar refractivity (Wildman–Crippen MR) is 118 cm³/mol. The number of benzene rings is 2. The van der Waals surface area contributed by atoms with E-state index >= 15 is 0 Å². The zero-order chi connectivity index (χ0) is 21.5. The molecule has 1 saturated heterocycles. The highest BCUT2D eigenvalue weighted by atomic mass is 35.5. The first-order valence-corrected chi connectivity index (χ1v) is 10.6. The van der Waals surface area contributed by atoms with Gasteiger partial charge in [0, 0.05) is 29.9 Å². The van der Waals surface area contributed by atoms with Gasteiger partial charge in [-0.2, -0.15) is 0 Å². The smallest absolute Gasteiger partial charge is 0.255 e. The number of nitrogens with zero attached hydrogens (tertiary/aromatic N) is 1. The number of likely N-dealkylation sites (tertiary alicyclic amines) is 1. The van der Waals surface area contributed by atoms with Crippen LogP contribution in [-0.2, 0) is 0 Å². The van der Waals surface area contributed by atoms with Crippen LogP contribution in [0.15, 0.2) is 36.4 Å². The van der Waals surface area contributed by atoms with E-state index in [4.69, 9.17) is 21.1 Å². The van der Waals surface area contributed by atoms with Crippen LogP contribution in [0.5, 0.6) is 11.5 Å². The lowest BCUT2D eigenvalue weighted by Gasteiger charge is -2.26. The molecular weight excluding hydrogens is 404 g/mol. The van der Waals surface area contributed by atoms with E-state index in [1.165, 1.54) is 7.11 Å². The van der Waals surface area contributed by atoms with Crippen molar-refractivity contribution in [2.24, 2.45) is 0 Å². The summed E-state index contributed by atoms with van der Waals surface area (Å²) in [6.45, 7) is 4.05. The normalized spacial score (nSPS) is 13.6. The predicted octanol–water partition coefficient (Wildman–Crippen LogP) is 5.02. The third-order valence-electron chi connectivity index (χ3n) is 4.95. The van der Waals surface area contributed by atoms with E-state index in [1.807, 2.05) is 11.8 Å². The molecule has 2 aromatic carbocycles. The molecule has 7 heteroatoms. The summed E-state index contributed by atoms with van der Waals surface area (Å²) in [6, 6.07) is 10.1. The number of methoxy groups -OCH3 is 1. The van der Waals surface area contributed by atoms with Gasteiger partial charge in [-0.15, -0.1) is 0 Å². The van der Waals surface area contributed by atoms with Gasteiger partial charge in [-0.1, -0.05) is 24.6 Å². The molecule has 30 heavy (non-hydrogen) atoms. The molecule has 1 heterocycles. The number of anilines is 1. The van der Waals surface area contributed by atoms with Gasteiger partial charge in [0.1, 0.15) is 0 Å². The minimum Gasteiger partial charge on any atom is -0.493 e. The van der Waals surface area contributed by atoms with E-state index in [0.717, 1.165) is 38.8 Å². The first kappa shape index (κ1) is 22.0. The molecule has 6 nitrogen and oxygen atoms in total. The number of hydrogen-bond acceptors (Lipinski definition) is 4. The summed E-state index contributed by atoms with van der Waals surface area (Å²) in [7, 11) is 1.50. The number of rotatable bonds is 7. The highest BCUT2D eigenvalue weighted by Gasteiger charge is 2.19. The van der Waals surface area contributed by atoms with Gasteiger partial charge in [-0.25, -0.2) is 0 Å². The molecule has 2 aromatic rings. The Kier molecular flexibility index (Phi) is 7.57. The molecule has 2 amide bonds. The first-order chi connectivity index (χ1) is 14.5. The van der Waals surface area contributed by atoms with Gasteiger partial charge < -0.3 is 19.7 Å². The van der Waals surface area contributed by atoms with Crippen LogP contribution in [-0.4, -0.2) is 43.5 Å². The van der Waals surface area contributed by atoms with Gasteiger partial charge in [-0.05, 0) is 56.0 Å². The van der Waals surface area contributed by atoms with Crippen LogP contribution in [0.4, 0.5) is 5.69 Å². The van der Waals surface area contributed by atoms with Crippen molar-refractivity contribution in [2.45, 2.75) is 32.6 Å². The second-order valence-corrected chi connectivity index (χ2v) is 7.63. The van der Waals surface area contributed by atoms with Crippen LogP contribution in [0.2, 0.25) is 5.02 Å². The molecular formula is C23H27ClN2O4. The van der Waals surface area contributed by atoms with Gasteiger partial charge in [0.05, 0.1) is 18.7 Å². The van der Waals surface area contributed by atoms with E-state index in [0.29, 0.717) is 39.9 Å². The zero-order valence-corrected chi connectivity index (χ0v) is 18.1. The molecule has 1 aliphatic heterocycles. The molecule has 1 aliphatic rings. The fourth-order valence-corrected chi connectivity index (χ4v) is 3.67. The Morgan fingerprint density at radius 3 is 2.57 bits per heavy atom. The number of piperidine rings is 1. The standard InChI is InChI=1S/C23H27ClN2O4/c1-3-12-30-21-19(24)14-17(15-20(21)29-2)22(27)25-18-9-7-8-16(13-18)23(28)26-10-5-4-6-11-26/h7-9,13-15H,3-6,10-12H2,1-2H3,(H,25,27). The fraction of sp³-hybridized carbons (Fsp3) is 0.391. The maximum absolute atomic E-state index is 12.8. The van der Waals surface area contributed by atoms with Crippen molar-refractivity contribution in [3.05, 3.63) is 52.5 Å². The molecule has 1 fully saturated rings. The Hall–Kier alpha value is -2.73. The van der Waals surface area contributed by atoms with Crippen molar-refractivity contribution in [2.75, 3.05) is 32.1 Å². The number of carbonyl (C=O) groups is 2. The number of carbonyl (C=O) groups excluding carboxylic acids is 2. The maximum atomic E-state index is 12.8. The fourth-order valence-electron chi connectivity index (χ4n) is 3.41. The van der Waals surface area contributed by atoms with Crippen LogP contribution in [0.3, 0.4) is 0 Å². The molecule has 0 radical (unpaired) electrons. The molecule has 3 rings (SSSR count). The highest BCUT2D eigenvalue weighted by Crippen LogP contribution is 2.36. The maximum Gasteiger partial charge on any atom is 0.255 e. The van der Waals surface area contributed by atoms with Gasteiger partial charge in [-0.3, -0.25) is 9.59 Å². The lowest BCUT2D eigenvalue weighted by Crippen LogP contribution is -2.35. The SMILES string of the molecule is CCCOc1c(Cl)cc(C(=O)Nc2cccc(C(=O)N3CCCCC3)c2)cc1OC. The van der Waals surface area contributed by atoms with Crippen LogP contribution in [0.25, 0.3) is 0 Å². The van der Waals surface area contributed by atoms with Gasteiger partial charge >= 0.3 is 0 Å². The van der Waals surface area contributed by atoms with Gasteiger partial charge in [0.2, 0.25) is 0 Å². The van der Waals surface area contributed by atoms with E-state index in [2.05, 4.69) is 5.32 Å². The van der Waals surface area contributed by atoms with Crippen molar-refractivity contribution < 1.29 is 19.1 Å². The molecule has 0 aliphatic carbocycles. The molecule has 0 unspecified atom stereocenters. The summed E-state index contributed by atoms with van der Waals surface area (Å²) >= 11 is 6.31. The van der Waals surface area contributed by atoms with Crippen LogP contribution < -0.4 is 14.8 Å². The molecule has 0 aromatic heterocycles. The lowest BCUT2D eigenvalue weighted by atomic mass is 10.1. The summed E-state index contributed by atoms with van der Waals surface area (Å²) in [5, 5.41) is 3.14. The molecule has 0 bridgehead atoms. The molecule has 0 saturated carbocycles. The van der Waals surface area contributed by atoms with E-state index in [-0.39, 0.29) is 11.8 Å². The van der Waals surface area contributed by atoms with Crippen molar-refractivity contribution in [1.29, 1.82) is 0 Å². The summed E-state index contributed by atoms with van der Waals surface area (Å²) in [5.74, 6) is 0.467. The largest absolute Gasteiger partial charge is 0.493 e. The number of hydrogen-bond donors (Lipinski definition) is 1. The summed E-state index contributed by atoms with van der Waals surface area (Å²) in [4.78, 5) is 27.4. The quantitative estimate of drug-likeness (QED) is 0.670. The van der Waals surface area contributed by atoms with Crippen molar-refractivity contribution in [3.63, 3.8) is 0 Å². The molecule has 160 valence electrons. The number of halogens is 1. The number of ether oxygens (including phenoxy) is 2. The Balaban J connectivity index is 1.76. The van der Waals surface area contributed by atoms with Crippen LogP contribution >= 0.6 is 11.6 Å². The third-order valence-corrected chi connectivity index (χ3v) is 5.23. The lowest BCUT2D eigenvalue weighted by molar-refractivity contribution is 0.0724. The highest BCUT2D eigenvalue weighted by molar-refractivity contribution is 6.32.